The Balaban J connectivity index is 3.05. The molecule has 3 nitrogen and oxygen atoms in total. The Morgan fingerprint density at radius 3 is 2.75 bits per heavy atom. The lowest BCUT2D eigenvalue weighted by atomic mass is 10.2. The van der Waals surface area contributed by atoms with Crippen LogP contribution in [0.2, 0.25) is 5.02 Å². The van der Waals surface area contributed by atoms with Gasteiger partial charge >= 0.3 is 0 Å². The zero-order valence-electron chi connectivity index (χ0n) is 6.01. The average molecular weight is 252 g/mol. The molecule has 0 heterocycles. The number of halogens is 2. The van der Waals surface area contributed by atoms with E-state index in [-0.39, 0.29) is 12.3 Å². The molecular formula is C7H7BrClNO2. The maximum absolute atomic E-state index is 9.31. The van der Waals surface area contributed by atoms with Gasteiger partial charge in [0.15, 0.2) is 0 Å². The quantitative estimate of drug-likeness (QED) is 0.708. The first-order chi connectivity index (χ1) is 5.65. The van der Waals surface area contributed by atoms with E-state index in [2.05, 4.69) is 15.9 Å². The minimum atomic E-state index is 0.0906. The molecule has 0 spiro atoms. The van der Waals surface area contributed by atoms with Crippen LogP contribution >= 0.6 is 27.5 Å². The van der Waals surface area contributed by atoms with E-state index < -0.39 is 0 Å². The summed E-state index contributed by atoms with van der Waals surface area (Å²) in [6.07, 6.45) is 0. The van der Waals surface area contributed by atoms with Gasteiger partial charge in [-0.15, -0.1) is 0 Å². The van der Waals surface area contributed by atoms with Crippen LogP contribution in [0.1, 0.15) is 5.56 Å². The molecule has 0 saturated heterocycles. The lowest BCUT2D eigenvalue weighted by molar-refractivity contribution is 0.160. The highest BCUT2D eigenvalue weighted by Crippen LogP contribution is 2.29. The van der Waals surface area contributed by atoms with Crippen molar-refractivity contribution in [2.75, 3.05) is 0 Å². The van der Waals surface area contributed by atoms with E-state index >= 15 is 0 Å². The molecule has 0 bridgehead atoms. The fourth-order valence-corrected chi connectivity index (χ4v) is 1.32. The Bertz CT molecular complexity index is 293. The van der Waals surface area contributed by atoms with E-state index in [0.717, 1.165) is 0 Å². The van der Waals surface area contributed by atoms with Crippen molar-refractivity contribution in [3.8, 4) is 5.75 Å². The van der Waals surface area contributed by atoms with Crippen molar-refractivity contribution in [3.05, 3.63) is 27.2 Å². The Labute approximate surface area is 83.1 Å². The van der Waals surface area contributed by atoms with Gasteiger partial charge in [-0.2, -0.15) is 0 Å². The van der Waals surface area contributed by atoms with E-state index in [9.17, 15) is 5.11 Å². The van der Waals surface area contributed by atoms with Gasteiger partial charge in [0, 0.05) is 16.6 Å². The molecular weight excluding hydrogens is 245 g/mol. The molecule has 0 atom stereocenters. The van der Waals surface area contributed by atoms with Crippen molar-refractivity contribution in [1.29, 1.82) is 0 Å². The summed E-state index contributed by atoms with van der Waals surface area (Å²) in [6.45, 7) is 0.166. The molecule has 1 aromatic rings. The van der Waals surface area contributed by atoms with Gasteiger partial charge in [-0.05, 0) is 28.1 Å². The first-order valence-electron chi connectivity index (χ1n) is 3.19. The van der Waals surface area contributed by atoms with Gasteiger partial charge in [0.25, 0.3) is 0 Å². The molecule has 0 aromatic heterocycles. The highest BCUT2D eigenvalue weighted by molar-refractivity contribution is 9.10. The zero-order chi connectivity index (χ0) is 9.14. The zero-order valence-corrected chi connectivity index (χ0v) is 8.35. The number of aromatic hydroxyl groups is 1. The second-order valence-corrected chi connectivity index (χ2v) is 3.49. The smallest absolute Gasteiger partial charge is 0.121 e. The predicted molar refractivity (Wildman–Crippen MR) is 49.4 cm³/mol. The third-order valence-corrected chi connectivity index (χ3v) is 2.59. The topological polar surface area (TPSA) is 52.5 Å². The van der Waals surface area contributed by atoms with Crippen LogP contribution in [0.15, 0.2) is 16.6 Å². The third-order valence-electron chi connectivity index (χ3n) is 1.39. The fraction of sp³-hybridized carbons (Fsp3) is 0.143. The van der Waals surface area contributed by atoms with Crippen LogP contribution in [0.5, 0.6) is 5.75 Å². The Morgan fingerprint density at radius 2 is 2.17 bits per heavy atom. The SMILES string of the molecule is ONCc1cc(Cl)c(Br)cc1O. The molecule has 0 fully saturated rings. The van der Waals surface area contributed by atoms with Crippen molar-refractivity contribution in [1.82, 2.24) is 5.48 Å². The largest absolute Gasteiger partial charge is 0.508 e. The van der Waals surface area contributed by atoms with E-state index in [1.165, 1.54) is 6.07 Å². The number of hydrogen-bond donors (Lipinski definition) is 3. The van der Waals surface area contributed by atoms with Gasteiger partial charge in [0.1, 0.15) is 5.75 Å². The summed E-state index contributed by atoms with van der Waals surface area (Å²) in [5.74, 6) is 0.0906. The van der Waals surface area contributed by atoms with Crippen LogP contribution in [0, 0.1) is 0 Å². The van der Waals surface area contributed by atoms with Crippen molar-refractivity contribution in [3.63, 3.8) is 0 Å². The maximum atomic E-state index is 9.31. The first kappa shape index (κ1) is 9.80. The third kappa shape index (κ3) is 2.10. The molecule has 3 N–H and O–H groups in total. The molecule has 0 amide bonds. The number of rotatable bonds is 2. The van der Waals surface area contributed by atoms with Crippen LogP contribution in [0.4, 0.5) is 0 Å². The highest BCUT2D eigenvalue weighted by atomic mass is 79.9. The molecule has 0 aliphatic rings. The van der Waals surface area contributed by atoms with Crippen LogP contribution in [-0.4, -0.2) is 10.3 Å². The van der Waals surface area contributed by atoms with E-state index in [1.807, 2.05) is 5.48 Å². The molecule has 66 valence electrons. The van der Waals surface area contributed by atoms with Crippen molar-refractivity contribution in [2.24, 2.45) is 0 Å². The molecule has 1 aromatic carbocycles. The second kappa shape index (κ2) is 4.09. The molecule has 12 heavy (non-hydrogen) atoms. The van der Waals surface area contributed by atoms with Crippen LogP contribution < -0.4 is 5.48 Å². The van der Waals surface area contributed by atoms with Crippen LogP contribution in [0.25, 0.3) is 0 Å². The number of hydroxylamine groups is 1. The molecule has 0 unspecified atom stereocenters. The molecule has 0 saturated carbocycles. The standard InChI is InChI=1S/C7H7BrClNO2/c8-5-2-7(11)4(3-10-12)1-6(5)9/h1-2,10-12H,3H2. The van der Waals surface area contributed by atoms with E-state index in [1.54, 1.807) is 6.07 Å². The summed E-state index contributed by atoms with van der Waals surface area (Å²) >= 11 is 8.91. The van der Waals surface area contributed by atoms with Gasteiger partial charge in [0.2, 0.25) is 0 Å². The monoisotopic (exact) mass is 251 g/mol. The molecule has 0 radical (unpaired) electrons. The molecule has 1 rings (SSSR count). The van der Waals surface area contributed by atoms with Gasteiger partial charge in [-0.25, -0.2) is 5.48 Å². The van der Waals surface area contributed by atoms with Gasteiger partial charge in [0.05, 0.1) is 5.02 Å². The Kier molecular flexibility index (Phi) is 3.34. The summed E-state index contributed by atoms with van der Waals surface area (Å²) in [7, 11) is 0. The van der Waals surface area contributed by atoms with Crippen molar-refractivity contribution < 1.29 is 10.3 Å². The number of phenols is 1. The maximum Gasteiger partial charge on any atom is 0.121 e. The van der Waals surface area contributed by atoms with Crippen LogP contribution in [0.3, 0.4) is 0 Å². The average Bonchev–Trinajstić information content (AvgIpc) is 2.01. The van der Waals surface area contributed by atoms with Gasteiger partial charge in [-0.1, -0.05) is 11.6 Å². The Morgan fingerprint density at radius 1 is 1.50 bits per heavy atom. The predicted octanol–water partition coefficient (Wildman–Crippen LogP) is 2.29. The van der Waals surface area contributed by atoms with E-state index in [4.69, 9.17) is 16.8 Å². The summed E-state index contributed by atoms with van der Waals surface area (Å²) in [4.78, 5) is 0. The fourth-order valence-electron chi connectivity index (χ4n) is 0.804. The van der Waals surface area contributed by atoms with Crippen LogP contribution in [-0.2, 0) is 6.54 Å². The number of benzene rings is 1. The van der Waals surface area contributed by atoms with Gasteiger partial charge < -0.3 is 10.3 Å². The minimum absolute atomic E-state index is 0.0906. The van der Waals surface area contributed by atoms with Crippen molar-refractivity contribution >= 4 is 27.5 Å². The summed E-state index contributed by atoms with van der Waals surface area (Å²) in [5, 5.41) is 18.2. The number of nitrogens with one attached hydrogen (secondary N) is 1. The number of phenolic OH excluding ortho intramolecular Hbond substituents is 1. The Hall–Kier alpha value is -0.290. The lowest BCUT2D eigenvalue weighted by Gasteiger charge is -2.04. The summed E-state index contributed by atoms with van der Waals surface area (Å²) < 4.78 is 0.628. The first-order valence-corrected chi connectivity index (χ1v) is 4.36. The normalized spacial score (nSPS) is 10.2. The minimum Gasteiger partial charge on any atom is -0.508 e. The molecule has 0 aliphatic heterocycles. The molecule has 5 heteroatoms. The van der Waals surface area contributed by atoms with Gasteiger partial charge in [-0.3, -0.25) is 0 Å². The van der Waals surface area contributed by atoms with Crippen molar-refractivity contribution in [2.45, 2.75) is 6.54 Å². The lowest BCUT2D eigenvalue weighted by Crippen LogP contribution is -2.06. The highest BCUT2D eigenvalue weighted by Gasteiger charge is 2.04. The summed E-state index contributed by atoms with van der Waals surface area (Å²) in [6, 6.07) is 3.05. The molecule has 0 aliphatic carbocycles. The summed E-state index contributed by atoms with van der Waals surface area (Å²) in [5.41, 5.74) is 2.48. The second-order valence-electron chi connectivity index (χ2n) is 2.23. The van der Waals surface area contributed by atoms with E-state index in [0.29, 0.717) is 15.1 Å². The number of hydrogen-bond acceptors (Lipinski definition) is 3.